The second-order valence-corrected chi connectivity index (χ2v) is 8.51. The van der Waals surface area contributed by atoms with Gasteiger partial charge >= 0.3 is 0 Å². The van der Waals surface area contributed by atoms with Crippen molar-refractivity contribution in [1.29, 1.82) is 0 Å². The van der Waals surface area contributed by atoms with Gasteiger partial charge in [-0.3, -0.25) is 4.99 Å². The number of aliphatic imine (C=N–C) groups is 1. The number of ether oxygens (including phenoxy) is 1. The highest BCUT2D eigenvalue weighted by atomic mass is 19.1. The number of guanidine groups is 1. The Hall–Kier alpha value is -1.62. The van der Waals surface area contributed by atoms with Gasteiger partial charge in [0.1, 0.15) is 5.82 Å². The summed E-state index contributed by atoms with van der Waals surface area (Å²) in [4.78, 5) is 4.38. The van der Waals surface area contributed by atoms with Gasteiger partial charge in [0.25, 0.3) is 0 Å². The van der Waals surface area contributed by atoms with Crippen molar-refractivity contribution < 1.29 is 9.13 Å². The van der Waals surface area contributed by atoms with Crippen LogP contribution in [0, 0.1) is 17.2 Å². The minimum absolute atomic E-state index is 0.108. The van der Waals surface area contributed by atoms with E-state index in [1.54, 1.807) is 19.2 Å². The summed E-state index contributed by atoms with van der Waals surface area (Å²) in [5.41, 5.74) is 0.883. The van der Waals surface area contributed by atoms with E-state index in [2.05, 4.69) is 43.3 Å². The highest BCUT2D eigenvalue weighted by molar-refractivity contribution is 5.80. The zero-order valence-electron chi connectivity index (χ0n) is 15.9. The van der Waals surface area contributed by atoms with Gasteiger partial charge in [-0.15, -0.1) is 0 Å². The largest absolute Gasteiger partial charge is 0.377 e. The molecule has 2 N–H and O–H groups in total. The minimum Gasteiger partial charge on any atom is -0.377 e. The molecule has 1 saturated heterocycles. The lowest BCUT2D eigenvalue weighted by Crippen LogP contribution is -2.68. The molecule has 25 heavy (non-hydrogen) atoms. The van der Waals surface area contributed by atoms with Crippen molar-refractivity contribution in [3.05, 3.63) is 35.6 Å². The number of rotatable bonds is 4. The van der Waals surface area contributed by atoms with E-state index in [9.17, 15) is 4.39 Å². The van der Waals surface area contributed by atoms with Crippen molar-refractivity contribution >= 4 is 5.96 Å². The monoisotopic (exact) mass is 347 g/mol. The maximum Gasteiger partial charge on any atom is 0.191 e. The van der Waals surface area contributed by atoms with Gasteiger partial charge in [0.05, 0.1) is 6.10 Å². The first-order valence-electron chi connectivity index (χ1n) is 9.10. The topological polar surface area (TPSA) is 45.7 Å². The molecule has 5 heteroatoms. The molecule has 0 amide bonds. The van der Waals surface area contributed by atoms with Crippen molar-refractivity contribution in [3.63, 3.8) is 0 Å². The number of nitrogens with zero attached hydrogens (tertiary/aromatic N) is 1. The molecule has 3 rings (SSSR count). The summed E-state index contributed by atoms with van der Waals surface area (Å²) in [6.07, 6.45) is 1.46. The quantitative estimate of drug-likeness (QED) is 0.650. The van der Waals surface area contributed by atoms with Crippen molar-refractivity contribution in [1.82, 2.24) is 10.6 Å². The third-order valence-corrected chi connectivity index (χ3v) is 5.92. The summed E-state index contributed by atoms with van der Waals surface area (Å²) in [7, 11) is 1.79. The molecule has 2 aliphatic rings. The number of hydrogen-bond acceptors (Lipinski definition) is 2. The van der Waals surface area contributed by atoms with Crippen LogP contribution in [-0.2, 0) is 10.2 Å². The standard InChI is InChI=1S/C20H30FN3O/c1-19(2,13-7-6-8-14(21)11-13)12-23-18(22-5)24-16-15-9-10-25-17(15)20(16,3)4/h6-8,11,15-17H,9-10,12H2,1-5H3,(H2,22,23,24). The molecule has 0 aromatic heterocycles. The van der Waals surface area contributed by atoms with Crippen molar-refractivity contribution in [2.45, 2.75) is 51.7 Å². The summed E-state index contributed by atoms with van der Waals surface area (Å²) < 4.78 is 19.4. The lowest BCUT2D eigenvalue weighted by molar-refractivity contribution is -0.106. The number of benzene rings is 1. The smallest absolute Gasteiger partial charge is 0.191 e. The third kappa shape index (κ3) is 3.39. The Morgan fingerprint density at radius 3 is 2.84 bits per heavy atom. The van der Waals surface area contributed by atoms with Crippen molar-refractivity contribution in [2.75, 3.05) is 20.2 Å². The molecule has 2 fully saturated rings. The van der Waals surface area contributed by atoms with Gasteiger partial charge in [0.2, 0.25) is 0 Å². The van der Waals surface area contributed by atoms with Crippen LogP contribution < -0.4 is 10.6 Å². The van der Waals surface area contributed by atoms with E-state index in [1.807, 2.05) is 6.07 Å². The zero-order chi connectivity index (χ0) is 18.2. The molecule has 1 aromatic carbocycles. The molecular formula is C20H30FN3O. The summed E-state index contributed by atoms with van der Waals surface area (Å²) in [5, 5.41) is 7.01. The highest BCUT2D eigenvalue weighted by Gasteiger charge is 2.59. The molecule has 1 aliphatic carbocycles. The fourth-order valence-corrected chi connectivity index (χ4v) is 4.28. The van der Waals surface area contributed by atoms with Crippen LogP contribution in [-0.4, -0.2) is 38.3 Å². The highest BCUT2D eigenvalue weighted by Crippen LogP contribution is 2.52. The van der Waals surface area contributed by atoms with Gasteiger partial charge in [0, 0.05) is 43.0 Å². The Balaban J connectivity index is 1.61. The van der Waals surface area contributed by atoms with Crippen LogP contribution in [0.25, 0.3) is 0 Å². The molecule has 1 aromatic rings. The fraction of sp³-hybridized carbons (Fsp3) is 0.650. The summed E-state index contributed by atoms with van der Waals surface area (Å²) in [5.74, 6) is 1.16. The first-order valence-corrected chi connectivity index (χ1v) is 9.10. The summed E-state index contributed by atoms with van der Waals surface area (Å²) in [6.45, 7) is 10.2. The number of nitrogens with one attached hydrogen (secondary N) is 2. The van der Waals surface area contributed by atoms with E-state index in [-0.39, 0.29) is 16.6 Å². The minimum atomic E-state index is -0.201. The lowest BCUT2D eigenvalue weighted by Gasteiger charge is -2.55. The van der Waals surface area contributed by atoms with Crippen molar-refractivity contribution in [3.8, 4) is 0 Å². The van der Waals surface area contributed by atoms with Crippen LogP contribution in [0.1, 0.15) is 39.7 Å². The van der Waals surface area contributed by atoms with Gasteiger partial charge in [-0.1, -0.05) is 39.8 Å². The average molecular weight is 347 g/mol. The fourth-order valence-electron chi connectivity index (χ4n) is 4.28. The number of hydrogen-bond donors (Lipinski definition) is 2. The Labute approximate surface area is 150 Å². The Morgan fingerprint density at radius 2 is 2.16 bits per heavy atom. The second kappa shape index (κ2) is 6.60. The van der Waals surface area contributed by atoms with Gasteiger partial charge in [0.15, 0.2) is 5.96 Å². The first-order chi connectivity index (χ1) is 11.8. The van der Waals surface area contributed by atoms with E-state index >= 15 is 0 Å². The second-order valence-electron chi connectivity index (χ2n) is 8.51. The number of halogens is 1. The molecule has 3 atom stereocenters. The molecule has 1 aliphatic heterocycles. The number of fused-ring (bicyclic) bond motifs is 1. The van der Waals surface area contributed by atoms with E-state index < -0.39 is 0 Å². The van der Waals surface area contributed by atoms with Crippen LogP contribution in [0.5, 0.6) is 0 Å². The molecule has 0 bridgehead atoms. The predicted octanol–water partition coefficient (Wildman–Crippen LogP) is 3.08. The van der Waals surface area contributed by atoms with Gasteiger partial charge in [-0.2, -0.15) is 0 Å². The Morgan fingerprint density at radius 1 is 1.40 bits per heavy atom. The Bertz CT molecular complexity index is 656. The average Bonchev–Trinajstić information content (AvgIpc) is 3.02. The van der Waals surface area contributed by atoms with Gasteiger partial charge < -0.3 is 15.4 Å². The van der Waals surface area contributed by atoms with E-state index in [1.165, 1.54) is 6.07 Å². The first kappa shape index (κ1) is 18.2. The molecular weight excluding hydrogens is 317 g/mol. The van der Waals surface area contributed by atoms with Gasteiger partial charge in [-0.25, -0.2) is 4.39 Å². The van der Waals surface area contributed by atoms with E-state index in [4.69, 9.17) is 4.74 Å². The Kier molecular flexibility index (Phi) is 4.80. The maximum absolute atomic E-state index is 13.5. The molecule has 0 radical (unpaired) electrons. The molecule has 1 heterocycles. The lowest BCUT2D eigenvalue weighted by atomic mass is 9.57. The van der Waals surface area contributed by atoms with Gasteiger partial charge in [-0.05, 0) is 24.1 Å². The maximum atomic E-state index is 13.5. The molecule has 3 unspecified atom stereocenters. The van der Waals surface area contributed by atoms with Crippen LogP contribution in [0.15, 0.2) is 29.3 Å². The third-order valence-electron chi connectivity index (χ3n) is 5.92. The molecule has 4 nitrogen and oxygen atoms in total. The summed E-state index contributed by atoms with van der Waals surface area (Å²) in [6, 6.07) is 7.18. The van der Waals surface area contributed by atoms with Crippen LogP contribution in [0.2, 0.25) is 0 Å². The zero-order valence-corrected chi connectivity index (χ0v) is 15.9. The predicted molar refractivity (Wildman–Crippen MR) is 99.3 cm³/mol. The SMILES string of the molecule is CN=C(NCC(C)(C)c1cccc(F)c1)NC1C2CCOC2C1(C)C. The molecule has 1 saturated carbocycles. The van der Waals surface area contributed by atoms with Crippen LogP contribution in [0.3, 0.4) is 0 Å². The van der Waals surface area contributed by atoms with E-state index in [0.29, 0.717) is 24.6 Å². The van der Waals surface area contributed by atoms with Crippen LogP contribution >= 0.6 is 0 Å². The van der Waals surface area contributed by atoms with Crippen LogP contribution in [0.4, 0.5) is 4.39 Å². The molecule has 0 spiro atoms. The summed E-state index contributed by atoms with van der Waals surface area (Å²) >= 11 is 0. The normalized spacial score (nSPS) is 28.2. The molecule has 138 valence electrons. The van der Waals surface area contributed by atoms with E-state index in [0.717, 1.165) is 24.6 Å². The van der Waals surface area contributed by atoms with Crippen molar-refractivity contribution in [2.24, 2.45) is 16.3 Å².